The Morgan fingerprint density at radius 3 is 2.48 bits per heavy atom. The molecule has 8 heteroatoms. The van der Waals surface area contributed by atoms with Gasteiger partial charge in [0.05, 0.1) is 10.7 Å². The van der Waals surface area contributed by atoms with Crippen LogP contribution in [0.15, 0.2) is 35.2 Å². The van der Waals surface area contributed by atoms with Crippen LogP contribution in [0.25, 0.3) is 0 Å². The number of nitrogen functional groups attached to an aromatic ring is 1. The number of benzene rings is 2. The normalized spacial score (nSPS) is 11.4. The summed E-state index contributed by atoms with van der Waals surface area (Å²) >= 11 is 5.91. The largest absolute Gasteiger partial charge is 0.399 e. The minimum Gasteiger partial charge on any atom is -0.399 e. The van der Waals surface area contributed by atoms with Gasteiger partial charge in [-0.3, -0.25) is 4.72 Å². The summed E-state index contributed by atoms with van der Waals surface area (Å²) in [7, 11) is -4.35. The minimum absolute atomic E-state index is 0.0597. The first-order valence-electron chi connectivity index (χ1n) is 5.74. The second-order valence-corrected chi connectivity index (χ2v) is 6.46. The highest BCUT2D eigenvalue weighted by Crippen LogP contribution is 2.27. The van der Waals surface area contributed by atoms with Crippen molar-refractivity contribution in [2.45, 2.75) is 11.8 Å². The molecule has 0 aliphatic rings. The highest BCUT2D eigenvalue weighted by atomic mass is 35.5. The van der Waals surface area contributed by atoms with Crippen LogP contribution in [-0.4, -0.2) is 8.42 Å². The summed E-state index contributed by atoms with van der Waals surface area (Å²) in [4.78, 5) is -0.878. The van der Waals surface area contributed by atoms with Crippen molar-refractivity contribution in [1.82, 2.24) is 0 Å². The monoisotopic (exact) mass is 332 g/mol. The molecule has 2 aromatic carbocycles. The Balaban J connectivity index is 2.48. The summed E-state index contributed by atoms with van der Waals surface area (Å²) in [6, 6.07) is 6.13. The molecule has 112 valence electrons. The van der Waals surface area contributed by atoms with Crippen molar-refractivity contribution in [1.29, 1.82) is 0 Å². The van der Waals surface area contributed by atoms with E-state index in [0.29, 0.717) is 6.07 Å². The highest BCUT2D eigenvalue weighted by Gasteiger charge is 2.23. The molecule has 2 aromatic rings. The smallest absolute Gasteiger partial charge is 0.265 e. The average Bonchev–Trinajstić information content (AvgIpc) is 2.37. The van der Waals surface area contributed by atoms with E-state index >= 15 is 0 Å². The quantitative estimate of drug-likeness (QED) is 0.847. The first-order chi connectivity index (χ1) is 9.70. The lowest BCUT2D eigenvalue weighted by molar-refractivity contribution is 0.486. The lowest BCUT2D eigenvalue weighted by Gasteiger charge is -2.11. The van der Waals surface area contributed by atoms with E-state index in [2.05, 4.69) is 4.72 Å². The second-order valence-electron chi connectivity index (χ2n) is 4.40. The molecule has 0 spiro atoms. The average molecular weight is 333 g/mol. The van der Waals surface area contributed by atoms with E-state index in [1.807, 2.05) is 0 Å². The van der Waals surface area contributed by atoms with Crippen molar-refractivity contribution < 1.29 is 17.2 Å². The van der Waals surface area contributed by atoms with Crippen LogP contribution in [0, 0.1) is 18.6 Å². The van der Waals surface area contributed by atoms with Crippen molar-refractivity contribution in [3.8, 4) is 0 Å². The Labute approximate surface area is 125 Å². The molecule has 0 aliphatic heterocycles. The first kappa shape index (κ1) is 15.5. The Hall–Kier alpha value is -1.86. The lowest BCUT2D eigenvalue weighted by atomic mass is 10.2. The van der Waals surface area contributed by atoms with Crippen LogP contribution < -0.4 is 10.5 Å². The van der Waals surface area contributed by atoms with E-state index in [1.165, 1.54) is 12.1 Å². The molecule has 0 aromatic heterocycles. The summed E-state index contributed by atoms with van der Waals surface area (Å²) < 4.78 is 53.3. The van der Waals surface area contributed by atoms with Crippen LogP contribution in [0.4, 0.5) is 20.2 Å². The molecule has 2 rings (SSSR count). The molecule has 0 atom stereocenters. The van der Waals surface area contributed by atoms with Crippen LogP contribution in [0.5, 0.6) is 0 Å². The Morgan fingerprint density at radius 2 is 1.86 bits per heavy atom. The molecule has 0 unspecified atom stereocenters. The molecule has 4 nitrogen and oxygen atoms in total. The second kappa shape index (κ2) is 5.50. The molecule has 0 amide bonds. The van der Waals surface area contributed by atoms with Crippen molar-refractivity contribution in [2.75, 3.05) is 10.5 Å². The number of hydrogen-bond donors (Lipinski definition) is 2. The molecule has 0 radical (unpaired) electrons. The van der Waals surface area contributed by atoms with E-state index in [-0.39, 0.29) is 16.4 Å². The van der Waals surface area contributed by atoms with Gasteiger partial charge in [-0.2, -0.15) is 0 Å². The third-order valence-corrected chi connectivity index (χ3v) is 4.35. The van der Waals surface area contributed by atoms with E-state index in [1.54, 1.807) is 13.0 Å². The van der Waals surface area contributed by atoms with E-state index in [9.17, 15) is 17.2 Å². The number of anilines is 2. The molecular formula is C13H11ClF2N2O2S. The Morgan fingerprint density at radius 1 is 1.19 bits per heavy atom. The number of nitrogens with one attached hydrogen (secondary N) is 1. The number of sulfonamides is 1. The van der Waals surface area contributed by atoms with Gasteiger partial charge in [-0.15, -0.1) is 0 Å². The van der Waals surface area contributed by atoms with Crippen molar-refractivity contribution in [3.63, 3.8) is 0 Å². The van der Waals surface area contributed by atoms with E-state index in [4.69, 9.17) is 17.3 Å². The predicted molar refractivity (Wildman–Crippen MR) is 77.8 cm³/mol. The maximum absolute atomic E-state index is 13.7. The maximum atomic E-state index is 13.7. The fourth-order valence-electron chi connectivity index (χ4n) is 1.68. The van der Waals surface area contributed by atoms with Gasteiger partial charge in [0.2, 0.25) is 0 Å². The SMILES string of the molecule is Cc1ccc(NS(=O)(=O)c2cc(N)cc(F)c2F)c(Cl)c1. The summed E-state index contributed by atoms with van der Waals surface area (Å²) in [5.41, 5.74) is 6.02. The fraction of sp³-hybridized carbons (Fsp3) is 0.0769. The van der Waals surface area contributed by atoms with Gasteiger partial charge in [0.25, 0.3) is 10.0 Å². The Bertz CT molecular complexity index is 810. The van der Waals surface area contributed by atoms with Crippen molar-refractivity contribution in [3.05, 3.63) is 52.6 Å². The zero-order valence-electron chi connectivity index (χ0n) is 10.8. The molecule has 0 saturated heterocycles. The van der Waals surface area contributed by atoms with Gasteiger partial charge >= 0.3 is 0 Å². The zero-order chi connectivity index (χ0) is 15.8. The highest BCUT2D eigenvalue weighted by molar-refractivity contribution is 7.92. The molecule has 0 bridgehead atoms. The van der Waals surface area contributed by atoms with Gasteiger partial charge in [-0.25, -0.2) is 17.2 Å². The molecular weight excluding hydrogens is 322 g/mol. The zero-order valence-corrected chi connectivity index (χ0v) is 12.4. The molecule has 3 N–H and O–H groups in total. The third-order valence-electron chi connectivity index (χ3n) is 2.68. The number of nitrogens with two attached hydrogens (primary N) is 1. The third kappa shape index (κ3) is 3.25. The summed E-state index contributed by atoms with van der Waals surface area (Å²) in [5.74, 6) is -2.84. The van der Waals surface area contributed by atoms with Gasteiger partial charge < -0.3 is 5.73 Å². The fourth-order valence-corrected chi connectivity index (χ4v) is 3.22. The van der Waals surface area contributed by atoms with Gasteiger partial charge in [0.1, 0.15) is 4.90 Å². The minimum atomic E-state index is -4.35. The van der Waals surface area contributed by atoms with Crippen molar-refractivity contribution >= 4 is 33.0 Å². The van der Waals surface area contributed by atoms with Crippen LogP contribution in [0.2, 0.25) is 5.02 Å². The van der Waals surface area contributed by atoms with E-state index in [0.717, 1.165) is 11.6 Å². The van der Waals surface area contributed by atoms with Gasteiger partial charge in [0.15, 0.2) is 11.6 Å². The standard InChI is InChI=1S/C13H11ClF2N2O2S/c1-7-2-3-11(9(14)4-7)18-21(19,20)12-6-8(17)5-10(15)13(12)16/h2-6,18H,17H2,1H3. The summed E-state index contributed by atoms with van der Waals surface area (Å²) in [5, 5.41) is 0.142. The summed E-state index contributed by atoms with van der Waals surface area (Å²) in [6.07, 6.45) is 0. The van der Waals surface area contributed by atoms with Crippen LogP contribution in [-0.2, 0) is 10.0 Å². The lowest BCUT2D eigenvalue weighted by Crippen LogP contribution is -2.16. The van der Waals surface area contributed by atoms with Gasteiger partial charge in [-0.1, -0.05) is 17.7 Å². The molecule has 0 heterocycles. The Kier molecular flexibility index (Phi) is 4.06. The molecule has 0 aliphatic carbocycles. The number of halogens is 3. The topological polar surface area (TPSA) is 72.2 Å². The molecule has 0 saturated carbocycles. The molecule has 0 fully saturated rings. The van der Waals surface area contributed by atoms with Gasteiger partial charge in [0, 0.05) is 5.69 Å². The van der Waals surface area contributed by atoms with Crippen LogP contribution in [0.3, 0.4) is 0 Å². The predicted octanol–water partition coefficient (Wildman–Crippen LogP) is 3.31. The first-order valence-corrected chi connectivity index (χ1v) is 7.60. The van der Waals surface area contributed by atoms with Crippen LogP contribution in [0.1, 0.15) is 5.56 Å². The van der Waals surface area contributed by atoms with Crippen LogP contribution >= 0.6 is 11.6 Å². The number of aryl methyl sites for hydroxylation is 1. The van der Waals surface area contributed by atoms with E-state index < -0.39 is 26.6 Å². The molecule has 21 heavy (non-hydrogen) atoms. The van der Waals surface area contributed by atoms with Crippen molar-refractivity contribution in [2.24, 2.45) is 0 Å². The number of rotatable bonds is 3. The number of hydrogen-bond acceptors (Lipinski definition) is 3. The maximum Gasteiger partial charge on any atom is 0.265 e. The van der Waals surface area contributed by atoms with Gasteiger partial charge in [-0.05, 0) is 36.8 Å². The summed E-state index contributed by atoms with van der Waals surface area (Å²) in [6.45, 7) is 1.77.